The first-order chi connectivity index (χ1) is 20.7. The summed E-state index contributed by atoms with van der Waals surface area (Å²) in [5.74, 6) is 1.95. The van der Waals surface area contributed by atoms with Gasteiger partial charge in [0.15, 0.2) is 21.3 Å². The van der Waals surface area contributed by atoms with Crippen molar-refractivity contribution in [1.29, 1.82) is 0 Å². The molecule has 0 spiro atoms. The first-order valence-corrected chi connectivity index (χ1v) is 17.0. The predicted molar refractivity (Wildman–Crippen MR) is 165 cm³/mol. The van der Waals surface area contributed by atoms with Crippen LogP contribution in [0.25, 0.3) is 21.7 Å². The molecule has 5 aromatic rings. The highest BCUT2D eigenvalue weighted by atomic mass is 32.2. The molecule has 0 amide bonds. The Kier molecular flexibility index (Phi) is 7.16. The van der Waals surface area contributed by atoms with Crippen molar-refractivity contribution in [1.82, 2.24) is 29.3 Å². The number of thiazole rings is 1. The number of aromatic nitrogens is 6. The molecule has 1 unspecified atom stereocenters. The van der Waals surface area contributed by atoms with E-state index >= 15 is 0 Å². The molecule has 1 aromatic carbocycles. The lowest BCUT2D eigenvalue weighted by Gasteiger charge is -2.25. The molecule has 0 saturated carbocycles. The molecule has 0 bridgehead atoms. The number of nitrogens with zero attached hydrogens (tertiary/aromatic N) is 6. The molecule has 0 aliphatic carbocycles. The molecular weight excluding hydrogens is 589 g/mol. The molecule has 4 aromatic heterocycles. The van der Waals surface area contributed by atoms with Gasteiger partial charge in [-0.05, 0) is 51.3 Å². The maximum absolute atomic E-state index is 13.0. The molecular formula is C29H32N8O4S2. The van der Waals surface area contributed by atoms with E-state index in [0.717, 1.165) is 47.0 Å². The van der Waals surface area contributed by atoms with E-state index in [1.54, 1.807) is 12.1 Å². The van der Waals surface area contributed by atoms with Gasteiger partial charge in [-0.1, -0.05) is 0 Å². The maximum atomic E-state index is 13.0. The van der Waals surface area contributed by atoms with Crippen LogP contribution in [0.3, 0.4) is 0 Å². The average molecular weight is 621 g/mol. The zero-order valence-electron chi connectivity index (χ0n) is 24.1. The van der Waals surface area contributed by atoms with Gasteiger partial charge >= 0.3 is 0 Å². The van der Waals surface area contributed by atoms with Crippen molar-refractivity contribution in [2.75, 3.05) is 30.1 Å². The minimum absolute atomic E-state index is 0.172. The maximum Gasteiger partial charge on any atom is 0.177 e. The molecule has 12 nitrogen and oxygen atoms in total. The fourth-order valence-electron chi connectivity index (χ4n) is 5.59. The fraction of sp³-hybridized carbons (Fsp3) is 0.379. The Labute approximate surface area is 253 Å². The molecule has 6 heterocycles. The van der Waals surface area contributed by atoms with Gasteiger partial charge in [0.2, 0.25) is 0 Å². The second-order valence-corrected chi connectivity index (χ2v) is 13.7. The van der Waals surface area contributed by atoms with E-state index in [1.807, 2.05) is 46.7 Å². The van der Waals surface area contributed by atoms with Crippen LogP contribution in [0, 0.1) is 13.8 Å². The number of rotatable bonds is 7. The van der Waals surface area contributed by atoms with Crippen LogP contribution >= 0.6 is 11.3 Å². The standard InChI is InChI=1S/C29H32N8O4S2/c1-17-16-42-29(30-17)19-7-8-21(23(12-19)43(3,38)39)32-22-14-24(33-25-13-20-15-40-11-9-36(20)35-25)34-28-27(22)31-18(2)37(28)26-6-4-5-10-41-26/h7-8,12-14,16,26H,4-6,9-11,15H2,1-3H3,(H2,32,33,34,35). The van der Waals surface area contributed by atoms with Crippen LogP contribution in [0.4, 0.5) is 23.0 Å². The molecule has 1 saturated heterocycles. The lowest BCUT2D eigenvalue weighted by Crippen LogP contribution is -2.19. The van der Waals surface area contributed by atoms with E-state index in [4.69, 9.17) is 19.4 Å². The van der Waals surface area contributed by atoms with Crippen LogP contribution in [0.1, 0.15) is 42.7 Å². The highest BCUT2D eigenvalue weighted by Crippen LogP contribution is 2.37. The smallest absolute Gasteiger partial charge is 0.177 e. The van der Waals surface area contributed by atoms with Gasteiger partial charge in [0.1, 0.15) is 28.4 Å². The Morgan fingerprint density at radius 1 is 1.00 bits per heavy atom. The van der Waals surface area contributed by atoms with Crippen LogP contribution < -0.4 is 10.6 Å². The summed E-state index contributed by atoms with van der Waals surface area (Å²) in [5.41, 5.74) is 4.93. The number of imidazole rings is 1. The largest absolute Gasteiger partial charge is 0.373 e. The van der Waals surface area contributed by atoms with Crippen molar-refractivity contribution in [3.8, 4) is 10.6 Å². The Morgan fingerprint density at radius 2 is 1.88 bits per heavy atom. The minimum Gasteiger partial charge on any atom is -0.373 e. The Hall–Kier alpha value is -3.85. The zero-order chi connectivity index (χ0) is 29.7. The van der Waals surface area contributed by atoms with Gasteiger partial charge in [0.05, 0.1) is 41.7 Å². The first kappa shape index (κ1) is 28.0. The second kappa shape index (κ2) is 11.0. The number of hydrogen-bond donors (Lipinski definition) is 2. The van der Waals surface area contributed by atoms with Gasteiger partial charge in [-0.2, -0.15) is 5.10 Å². The van der Waals surface area contributed by atoms with Crippen molar-refractivity contribution in [2.45, 2.75) is 57.4 Å². The van der Waals surface area contributed by atoms with E-state index in [2.05, 4.69) is 20.7 Å². The molecule has 1 atom stereocenters. The summed E-state index contributed by atoms with van der Waals surface area (Å²) >= 11 is 1.48. The van der Waals surface area contributed by atoms with Crippen LogP contribution in [0.2, 0.25) is 0 Å². The summed E-state index contributed by atoms with van der Waals surface area (Å²) in [7, 11) is -3.60. The molecule has 14 heteroatoms. The van der Waals surface area contributed by atoms with Crippen molar-refractivity contribution < 1.29 is 17.9 Å². The summed E-state index contributed by atoms with van der Waals surface area (Å²) in [5, 5.41) is 14.1. The Balaban J connectivity index is 1.34. The highest BCUT2D eigenvalue weighted by Gasteiger charge is 2.25. The van der Waals surface area contributed by atoms with Crippen molar-refractivity contribution in [3.05, 3.63) is 52.9 Å². The van der Waals surface area contributed by atoms with Gasteiger partial charge < -0.3 is 20.1 Å². The topological polar surface area (TPSA) is 138 Å². The molecule has 1 fully saturated rings. The molecule has 2 aliphatic heterocycles. The van der Waals surface area contributed by atoms with Crippen molar-refractivity contribution >= 4 is 55.3 Å². The summed E-state index contributed by atoms with van der Waals surface area (Å²) in [6, 6.07) is 9.11. The normalized spacial score (nSPS) is 17.2. The highest BCUT2D eigenvalue weighted by molar-refractivity contribution is 7.90. The molecule has 224 valence electrons. The number of anilines is 4. The number of fused-ring (bicyclic) bond motifs is 2. The number of aryl methyl sites for hydroxylation is 2. The number of ether oxygens (including phenoxy) is 2. The average Bonchev–Trinajstić information content (AvgIpc) is 3.69. The summed E-state index contributed by atoms with van der Waals surface area (Å²) in [6.07, 6.45) is 3.97. The molecule has 2 N–H and O–H groups in total. The van der Waals surface area contributed by atoms with E-state index in [0.29, 0.717) is 60.5 Å². The number of sulfone groups is 1. The minimum atomic E-state index is -3.60. The van der Waals surface area contributed by atoms with Crippen LogP contribution in [-0.2, 0) is 32.5 Å². The number of nitrogens with one attached hydrogen (secondary N) is 2. The quantitative estimate of drug-likeness (QED) is 0.240. The van der Waals surface area contributed by atoms with E-state index in [9.17, 15) is 8.42 Å². The predicted octanol–water partition coefficient (Wildman–Crippen LogP) is 5.49. The van der Waals surface area contributed by atoms with Crippen LogP contribution in [0.15, 0.2) is 40.6 Å². The summed E-state index contributed by atoms with van der Waals surface area (Å²) < 4.78 is 41.7. The Morgan fingerprint density at radius 3 is 2.63 bits per heavy atom. The van der Waals surface area contributed by atoms with Gasteiger partial charge in [-0.25, -0.2) is 23.4 Å². The summed E-state index contributed by atoms with van der Waals surface area (Å²) in [4.78, 5) is 14.6. The summed E-state index contributed by atoms with van der Waals surface area (Å²) in [6.45, 7) is 6.34. The van der Waals surface area contributed by atoms with Gasteiger partial charge in [0.25, 0.3) is 0 Å². The first-order valence-electron chi connectivity index (χ1n) is 14.2. The van der Waals surface area contributed by atoms with Crippen molar-refractivity contribution in [3.63, 3.8) is 0 Å². The molecule has 7 rings (SSSR count). The van der Waals surface area contributed by atoms with Crippen molar-refractivity contribution in [2.24, 2.45) is 0 Å². The Bertz CT molecular complexity index is 1920. The SMILES string of the molecule is Cc1csc(-c2ccc(Nc3cc(Nc4cc5n(n4)CCOC5)nc4c3nc(C)n4C3CCCCO3)c(S(C)(=O)=O)c2)n1. The molecule has 0 radical (unpaired) electrons. The third-order valence-corrected chi connectivity index (χ3v) is 9.75. The molecule has 43 heavy (non-hydrogen) atoms. The third kappa shape index (κ3) is 5.51. The van der Waals surface area contributed by atoms with Gasteiger partial charge in [-0.3, -0.25) is 9.25 Å². The monoisotopic (exact) mass is 620 g/mol. The lowest BCUT2D eigenvalue weighted by molar-refractivity contribution is -0.0308. The van der Waals surface area contributed by atoms with E-state index in [-0.39, 0.29) is 11.1 Å². The second-order valence-electron chi connectivity index (χ2n) is 10.9. The lowest BCUT2D eigenvalue weighted by atomic mass is 10.2. The number of pyridine rings is 1. The van der Waals surface area contributed by atoms with Crippen LogP contribution in [0.5, 0.6) is 0 Å². The number of benzene rings is 1. The van der Waals surface area contributed by atoms with Crippen LogP contribution in [-0.4, -0.2) is 57.2 Å². The molecule has 2 aliphatic rings. The number of hydrogen-bond acceptors (Lipinski definition) is 11. The third-order valence-electron chi connectivity index (χ3n) is 7.60. The van der Waals surface area contributed by atoms with Gasteiger partial charge in [0, 0.05) is 41.6 Å². The zero-order valence-corrected chi connectivity index (χ0v) is 25.8. The fourth-order valence-corrected chi connectivity index (χ4v) is 7.24. The van der Waals surface area contributed by atoms with E-state index < -0.39 is 9.84 Å². The van der Waals surface area contributed by atoms with E-state index in [1.165, 1.54) is 17.6 Å². The van der Waals surface area contributed by atoms with Gasteiger partial charge in [-0.15, -0.1) is 11.3 Å².